The number of nitrogens with one attached hydrogen (secondary N) is 1. The van der Waals surface area contributed by atoms with Crippen LogP contribution < -0.4 is 10.1 Å². The lowest BCUT2D eigenvalue weighted by Crippen LogP contribution is -2.12. The van der Waals surface area contributed by atoms with Crippen LogP contribution in [0.5, 0.6) is 6.01 Å². The Balaban J connectivity index is 2.01. The van der Waals surface area contributed by atoms with E-state index < -0.39 is 0 Å². The molecule has 1 N–H and O–H groups in total. The second-order valence-corrected chi connectivity index (χ2v) is 4.54. The van der Waals surface area contributed by atoms with E-state index in [4.69, 9.17) is 16.3 Å². The number of aromatic nitrogens is 3. The van der Waals surface area contributed by atoms with Gasteiger partial charge in [-0.2, -0.15) is 15.0 Å². The Bertz CT molecular complexity index is 368. The van der Waals surface area contributed by atoms with Gasteiger partial charge in [-0.25, -0.2) is 0 Å². The molecule has 0 atom stereocenters. The molecule has 0 radical (unpaired) electrons. The smallest absolute Gasteiger partial charge is 0.322 e. The molecular formula is C10H15ClN4O. The summed E-state index contributed by atoms with van der Waals surface area (Å²) >= 11 is 5.78. The van der Waals surface area contributed by atoms with Crippen LogP contribution in [0, 0.1) is 5.92 Å². The summed E-state index contributed by atoms with van der Waals surface area (Å²) in [5.41, 5.74) is 0. The van der Waals surface area contributed by atoms with Crippen LogP contribution in [-0.2, 0) is 0 Å². The maximum atomic E-state index is 5.78. The lowest BCUT2D eigenvalue weighted by Gasteiger charge is -2.09. The molecule has 1 fully saturated rings. The quantitative estimate of drug-likeness (QED) is 0.857. The van der Waals surface area contributed by atoms with E-state index in [9.17, 15) is 0 Å². The average Bonchev–Trinajstić information content (AvgIpc) is 2.95. The fraction of sp³-hybridized carbons (Fsp3) is 0.700. The predicted octanol–water partition coefficient (Wildman–Crippen LogP) is 2.13. The molecule has 6 heteroatoms. The minimum atomic E-state index is 0.0229. The number of hydrogen-bond acceptors (Lipinski definition) is 5. The Morgan fingerprint density at radius 2 is 2.12 bits per heavy atom. The van der Waals surface area contributed by atoms with Gasteiger partial charge in [-0.15, -0.1) is 0 Å². The molecule has 88 valence electrons. The summed E-state index contributed by atoms with van der Waals surface area (Å²) in [6.45, 7) is 4.71. The molecule has 1 saturated carbocycles. The molecule has 1 aromatic heterocycles. The topological polar surface area (TPSA) is 59.9 Å². The molecule has 2 rings (SSSR count). The highest BCUT2D eigenvalue weighted by atomic mass is 35.5. The lowest BCUT2D eigenvalue weighted by molar-refractivity contribution is 0.222. The number of halogens is 1. The first-order valence-corrected chi connectivity index (χ1v) is 5.83. The third-order valence-corrected chi connectivity index (χ3v) is 2.34. The molecule has 0 aliphatic heterocycles. The van der Waals surface area contributed by atoms with Gasteiger partial charge in [0.2, 0.25) is 11.2 Å². The number of rotatable bonds is 5. The van der Waals surface area contributed by atoms with Gasteiger partial charge in [-0.3, -0.25) is 0 Å². The van der Waals surface area contributed by atoms with Gasteiger partial charge in [0.15, 0.2) is 0 Å². The maximum Gasteiger partial charge on any atom is 0.322 e. The molecule has 0 bridgehead atoms. The van der Waals surface area contributed by atoms with Gasteiger partial charge in [-0.1, -0.05) is 0 Å². The Morgan fingerprint density at radius 3 is 2.75 bits per heavy atom. The van der Waals surface area contributed by atoms with Crippen LogP contribution in [0.25, 0.3) is 0 Å². The van der Waals surface area contributed by atoms with E-state index in [1.54, 1.807) is 0 Å². The second-order valence-electron chi connectivity index (χ2n) is 4.20. The van der Waals surface area contributed by atoms with E-state index >= 15 is 0 Å². The molecule has 0 aromatic carbocycles. The average molecular weight is 243 g/mol. The zero-order valence-electron chi connectivity index (χ0n) is 9.40. The summed E-state index contributed by atoms with van der Waals surface area (Å²) in [6.07, 6.45) is 2.58. The fourth-order valence-electron chi connectivity index (χ4n) is 1.23. The zero-order chi connectivity index (χ0) is 11.5. The third-order valence-electron chi connectivity index (χ3n) is 2.17. The second kappa shape index (κ2) is 4.82. The molecule has 0 spiro atoms. The molecule has 1 aliphatic carbocycles. The number of anilines is 1. The van der Waals surface area contributed by atoms with Crippen LogP contribution in [0.15, 0.2) is 0 Å². The highest BCUT2D eigenvalue weighted by Crippen LogP contribution is 2.28. The van der Waals surface area contributed by atoms with Crippen molar-refractivity contribution in [1.29, 1.82) is 0 Å². The van der Waals surface area contributed by atoms with Crippen LogP contribution in [0.4, 0.5) is 5.95 Å². The molecule has 5 nitrogen and oxygen atoms in total. The third kappa shape index (κ3) is 3.48. The summed E-state index contributed by atoms with van der Waals surface area (Å²) in [6, 6.07) is 0.272. The van der Waals surface area contributed by atoms with Crippen LogP contribution in [-0.4, -0.2) is 27.6 Å². The van der Waals surface area contributed by atoms with Crippen LogP contribution in [0.1, 0.15) is 26.7 Å². The highest BCUT2D eigenvalue weighted by Gasteiger charge is 2.21. The molecule has 0 unspecified atom stereocenters. The summed E-state index contributed by atoms with van der Waals surface area (Å²) in [7, 11) is 0. The monoisotopic (exact) mass is 242 g/mol. The highest BCUT2D eigenvalue weighted by molar-refractivity contribution is 6.28. The van der Waals surface area contributed by atoms with E-state index in [0.717, 1.165) is 12.5 Å². The van der Waals surface area contributed by atoms with Crippen molar-refractivity contribution < 1.29 is 4.74 Å². The Kier molecular flexibility index (Phi) is 3.43. The van der Waals surface area contributed by atoms with Crippen molar-refractivity contribution in [3.63, 3.8) is 0 Å². The summed E-state index contributed by atoms with van der Waals surface area (Å²) in [4.78, 5) is 12.0. The van der Waals surface area contributed by atoms with Crippen molar-refractivity contribution in [3.05, 3.63) is 5.28 Å². The van der Waals surface area contributed by atoms with Crippen molar-refractivity contribution in [3.8, 4) is 6.01 Å². The van der Waals surface area contributed by atoms with Crippen LogP contribution >= 0.6 is 11.6 Å². The minimum absolute atomic E-state index is 0.0229. The molecule has 0 amide bonds. The molecule has 1 aliphatic rings. The number of ether oxygens (including phenoxy) is 1. The van der Waals surface area contributed by atoms with Gasteiger partial charge in [0.1, 0.15) is 0 Å². The molecule has 16 heavy (non-hydrogen) atoms. The number of hydrogen-bond donors (Lipinski definition) is 1. The van der Waals surface area contributed by atoms with Crippen LogP contribution in [0.2, 0.25) is 5.28 Å². The van der Waals surface area contributed by atoms with Crippen molar-refractivity contribution in [2.75, 3.05) is 11.9 Å². The molecule has 1 heterocycles. The Hall–Kier alpha value is -1.10. The molecular weight excluding hydrogens is 228 g/mol. The number of nitrogens with zero attached hydrogens (tertiary/aromatic N) is 3. The van der Waals surface area contributed by atoms with Crippen LogP contribution in [0.3, 0.4) is 0 Å². The van der Waals surface area contributed by atoms with Gasteiger partial charge < -0.3 is 10.1 Å². The van der Waals surface area contributed by atoms with Gasteiger partial charge in [-0.05, 0) is 44.2 Å². The van der Waals surface area contributed by atoms with E-state index in [1.807, 2.05) is 13.8 Å². The minimum Gasteiger partial charge on any atom is -0.461 e. The fourth-order valence-corrected chi connectivity index (χ4v) is 1.38. The van der Waals surface area contributed by atoms with E-state index in [-0.39, 0.29) is 17.4 Å². The van der Waals surface area contributed by atoms with Gasteiger partial charge in [0, 0.05) is 6.54 Å². The first-order chi connectivity index (χ1) is 7.63. The van der Waals surface area contributed by atoms with Crippen molar-refractivity contribution in [2.45, 2.75) is 32.8 Å². The first-order valence-electron chi connectivity index (χ1n) is 5.45. The van der Waals surface area contributed by atoms with Crippen molar-refractivity contribution >= 4 is 17.5 Å². The summed E-state index contributed by atoms with van der Waals surface area (Å²) < 4.78 is 5.37. The van der Waals surface area contributed by atoms with Crippen molar-refractivity contribution in [1.82, 2.24) is 15.0 Å². The zero-order valence-corrected chi connectivity index (χ0v) is 10.2. The van der Waals surface area contributed by atoms with Crippen molar-refractivity contribution in [2.24, 2.45) is 5.92 Å². The van der Waals surface area contributed by atoms with E-state index in [0.29, 0.717) is 5.95 Å². The first kappa shape index (κ1) is 11.4. The van der Waals surface area contributed by atoms with Gasteiger partial charge in [0.05, 0.1) is 6.10 Å². The summed E-state index contributed by atoms with van der Waals surface area (Å²) in [5.74, 6) is 1.24. The van der Waals surface area contributed by atoms with E-state index in [1.165, 1.54) is 12.8 Å². The standard InChI is InChI=1S/C10H15ClN4O/c1-6(2)16-10-14-8(11)13-9(15-10)12-5-7-3-4-7/h6-7H,3-5H2,1-2H3,(H,12,13,14,15). The predicted molar refractivity (Wildman–Crippen MR) is 61.8 cm³/mol. The Labute approximate surface area is 99.6 Å². The van der Waals surface area contributed by atoms with E-state index in [2.05, 4.69) is 20.3 Å². The maximum absolute atomic E-state index is 5.78. The largest absolute Gasteiger partial charge is 0.461 e. The summed E-state index contributed by atoms with van der Waals surface area (Å²) in [5, 5.41) is 3.29. The molecule has 0 saturated heterocycles. The van der Waals surface area contributed by atoms with Gasteiger partial charge >= 0.3 is 6.01 Å². The van der Waals surface area contributed by atoms with Gasteiger partial charge in [0.25, 0.3) is 0 Å². The SMILES string of the molecule is CC(C)Oc1nc(Cl)nc(NCC2CC2)n1. The Morgan fingerprint density at radius 1 is 1.38 bits per heavy atom. The normalized spacial score (nSPS) is 15.2. The molecule has 1 aromatic rings. The lowest BCUT2D eigenvalue weighted by atomic mass is 10.4.